The highest BCUT2D eigenvalue weighted by Gasteiger charge is 2.12. The van der Waals surface area contributed by atoms with E-state index in [-0.39, 0.29) is 5.82 Å². The summed E-state index contributed by atoms with van der Waals surface area (Å²) >= 11 is 3.27. The van der Waals surface area contributed by atoms with Crippen LogP contribution in [0.4, 0.5) is 10.2 Å². The van der Waals surface area contributed by atoms with Crippen molar-refractivity contribution in [2.24, 2.45) is 0 Å². The Hall–Kier alpha value is -1.16. The Morgan fingerprint density at radius 3 is 2.76 bits per heavy atom. The Morgan fingerprint density at radius 1 is 1.41 bits per heavy atom. The number of benzene rings is 1. The van der Waals surface area contributed by atoms with Crippen LogP contribution >= 0.6 is 15.9 Å². The summed E-state index contributed by atoms with van der Waals surface area (Å²) in [5, 5.41) is 0.792. The van der Waals surface area contributed by atoms with Crippen LogP contribution in [0.2, 0.25) is 0 Å². The summed E-state index contributed by atoms with van der Waals surface area (Å²) in [5.74, 6) is 0.282. The molecule has 2 nitrogen and oxygen atoms in total. The van der Waals surface area contributed by atoms with E-state index in [0.717, 1.165) is 34.9 Å². The van der Waals surface area contributed by atoms with Gasteiger partial charge in [-0.25, -0.2) is 9.37 Å². The second-order valence-electron chi connectivity index (χ2n) is 4.17. The molecule has 2 aromatic rings. The van der Waals surface area contributed by atoms with Crippen LogP contribution in [-0.2, 0) is 6.42 Å². The monoisotopic (exact) mass is 296 g/mol. The molecular weight excluding hydrogens is 283 g/mol. The van der Waals surface area contributed by atoms with Gasteiger partial charge in [-0.1, -0.05) is 13.3 Å². The zero-order valence-corrected chi connectivity index (χ0v) is 11.4. The standard InChI is InChI=1S/C13H14BrFN2/c1-3-4-8-6-9-11(14)10(15)5-7(2)12(9)17-13(8)16/h5-6H,3-4H2,1-2H3,(H2,16,17). The molecule has 0 spiro atoms. The Morgan fingerprint density at radius 2 is 2.12 bits per heavy atom. The van der Waals surface area contributed by atoms with Gasteiger partial charge in [-0.3, -0.25) is 0 Å². The van der Waals surface area contributed by atoms with Crippen molar-refractivity contribution >= 4 is 32.7 Å². The van der Waals surface area contributed by atoms with Crippen LogP contribution in [0.1, 0.15) is 24.5 Å². The van der Waals surface area contributed by atoms with Crippen LogP contribution in [0.15, 0.2) is 16.6 Å². The largest absolute Gasteiger partial charge is 0.383 e. The van der Waals surface area contributed by atoms with Crippen molar-refractivity contribution in [3.8, 4) is 0 Å². The normalized spacial score (nSPS) is 11.1. The highest BCUT2D eigenvalue weighted by atomic mass is 79.9. The lowest BCUT2D eigenvalue weighted by Crippen LogP contribution is -2.00. The highest BCUT2D eigenvalue weighted by molar-refractivity contribution is 9.10. The first-order valence-electron chi connectivity index (χ1n) is 5.58. The molecule has 90 valence electrons. The van der Waals surface area contributed by atoms with E-state index in [1.807, 2.05) is 13.0 Å². The second-order valence-corrected chi connectivity index (χ2v) is 4.96. The Kier molecular flexibility index (Phi) is 3.33. The van der Waals surface area contributed by atoms with E-state index in [2.05, 4.69) is 27.8 Å². The molecule has 0 fully saturated rings. The van der Waals surface area contributed by atoms with Crippen molar-refractivity contribution in [2.75, 3.05) is 5.73 Å². The molecule has 0 aliphatic rings. The van der Waals surface area contributed by atoms with E-state index in [9.17, 15) is 4.39 Å². The van der Waals surface area contributed by atoms with Gasteiger partial charge >= 0.3 is 0 Å². The third-order valence-electron chi connectivity index (χ3n) is 2.82. The van der Waals surface area contributed by atoms with Crippen molar-refractivity contribution in [1.82, 2.24) is 4.98 Å². The van der Waals surface area contributed by atoms with Crippen LogP contribution in [0, 0.1) is 12.7 Å². The second kappa shape index (κ2) is 4.61. The third kappa shape index (κ3) is 2.14. The molecule has 17 heavy (non-hydrogen) atoms. The van der Waals surface area contributed by atoms with Gasteiger partial charge in [0.05, 0.1) is 9.99 Å². The lowest BCUT2D eigenvalue weighted by molar-refractivity contribution is 0.622. The topological polar surface area (TPSA) is 38.9 Å². The fraction of sp³-hybridized carbons (Fsp3) is 0.308. The number of hydrogen-bond donors (Lipinski definition) is 1. The molecule has 0 bridgehead atoms. The molecule has 2 rings (SSSR count). The minimum atomic E-state index is -0.260. The van der Waals surface area contributed by atoms with Gasteiger partial charge < -0.3 is 5.73 Å². The molecule has 1 aromatic carbocycles. The molecule has 0 saturated heterocycles. The minimum absolute atomic E-state index is 0.260. The number of nitrogens with two attached hydrogens (primary N) is 1. The summed E-state index contributed by atoms with van der Waals surface area (Å²) in [6.45, 7) is 3.92. The highest BCUT2D eigenvalue weighted by Crippen LogP contribution is 2.31. The van der Waals surface area contributed by atoms with Crippen LogP contribution in [0.5, 0.6) is 0 Å². The maximum atomic E-state index is 13.6. The van der Waals surface area contributed by atoms with Gasteiger partial charge in [0, 0.05) is 5.39 Å². The Bertz CT molecular complexity index is 581. The molecular formula is C13H14BrFN2. The molecule has 0 aliphatic heterocycles. The van der Waals surface area contributed by atoms with Gasteiger partial charge in [0.1, 0.15) is 11.6 Å². The smallest absolute Gasteiger partial charge is 0.138 e. The van der Waals surface area contributed by atoms with E-state index < -0.39 is 0 Å². The number of aryl methyl sites for hydroxylation is 2. The quantitative estimate of drug-likeness (QED) is 0.910. The Labute approximate surface area is 108 Å². The van der Waals surface area contributed by atoms with E-state index in [0.29, 0.717) is 10.3 Å². The summed E-state index contributed by atoms with van der Waals surface area (Å²) in [5.41, 5.74) is 8.45. The predicted octanol–water partition coefficient (Wildman–Crippen LogP) is 3.98. The summed E-state index contributed by atoms with van der Waals surface area (Å²) in [4.78, 5) is 4.38. The molecule has 0 atom stereocenters. The van der Waals surface area contributed by atoms with Gasteiger partial charge in [-0.2, -0.15) is 0 Å². The van der Waals surface area contributed by atoms with Crippen molar-refractivity contribution in [2.45, 2.75) is 26.7 Å². The van der Waals surface area contributed by atoms with Crippen LogP contribution in [0.3, 0.4) is 0 Å². The van der Waals surface area contributed by atoms with Crippen molar-refractivity contribution in [3.63, 3.8) is 0 Å². The van der Waals surface area contributed by atoms with Crippen molar-refractivity contribution in [3.05, 3.63) is 33.5 Å². The van der Waals surface area contributed by atoms with Crippen molar-refractivity contribution in [1.29, 1.82) is 0 Å². The SMILES string of the molecule is CCCc1cc2c(Br)c(F)cc(C)c2nc1N. The lowest BCUT2D eigenvalue weighted by atomic mass is 10.1. The number of nitrogen functional groups attached to an aromatic ring is 1. The van der Waals surface area contributed by atoms with Gasteiger partial charge in [0.25, 0.3) is 0 Å². The molecule has 0 radical (unpaired) electrons. The first kappa shape index (κ1) is 12.3. The Balaban J connectivity index is 2.79. The first-order chi connectivity index (χ1) is 8.04. The fourth-order valence-electron chi connectivity index (χ4n) is 1.96. The third-order valence-corrected chi connectivity index (χ3v) is 3.62. The number of nitrogens with zero attached hydrogens (tertiary/aromatic N) is 1. The number of hydrogen-bond acceptors (Lipinski definition) is 2. The number of rotatable bonds is 2. The molecule has 0 unspecified atom stereocenters. The van der Waals surface area contributed by atoms with Gasteiger partial charge in [-0.05, 0) is 52.5 Å². The first-order valence-corrected chi connectivity index (χ1v) is 6.37. The number of pyridine rings is 1. The lowest BCUT2D eigenvalue weighted by Gasteiger charge is -2.10. The molecule has 0 aliphatic carbocycles. The summed E-state index contributed by atoms with van der Waals surface area (Å²) < 4.78 is 14.1. The van der Waals surface area contributed by atoms with Gasteiger partial charge in [0.2, 0.25) is 0 Å². The zero-order chi connectivity index (χ0) is 12.6. The number of halogens is 2. The summed E-state index contributed by atoms with van der Waals surface area (Å²) in [6, 6.07) is 3.40. The summed E-state index contributed by atoms with van der Waals surface area (Å²) in [7, 11) is 0. The average molecular weight is 297 g/mol. The number of fused-ring (bicyclic) bond motifs is 1. The number of aromatic nitrogens is 1. The maximum Gasteiger partial charge on any atom is 0.138 e. The maximum absolute atomic E-state index is 13.6. The summed E-state index contributed by atoms with van der Waals surface area (Å²) in [6.07, 6.45) is 1.85. The van der Waals surface area contributed by atoms with E-state index in [1.165, 1.54) is 6.07 Å². The molecule has 4 heteroatoms. The van der Waals surface area contributed by atoms with Crippen LogP contribution in [-0.4, -0.2) is 4.98 Å². The van der Waals surface area contributed by atoms with Crippen LogP contribution in [0.25, 0.3) is 10.9 Å². The molecule has 0 saturated carbocycles. The number of anilines is 1. The zero-order valence-electron chi connectivity index (χ0n) is 9.85. The fourth-order valence-corrected chi connectivity index (χ4v) is 2.37. The molecule has 2 N–H and O–H groups in total. The average Bonchev–Trinajstić information content (AvgIpc) is 2.28. The van der Waals surface area contributed by atoms with E-state index in [4.69, 9.17) is 5.73 Å². The van der Waals surface area contributed by atoms with Crippen molar-refractivity contribution < 1.29 is 4.39 Å². The van der Waals surface area contributed by atoms with E-state index >= 15 is 0 Å². The van der Waals surface area contributed by atoms with E-state index in [1.54, 1.807) is 0 Å². The molecule has 1 heterocycles. The molecule has 1 aromatic heterocycles. The molecule has 0 amide bonds. The predicted molar refractivity (Wildman–Crippen MR) is 72.5 cm³/mol. The van der Waals surface area contributed by atoms with Gasteiger partial charge in [0.15, 0.2) is 0 Å². The van der Waals surface area contributed by atoms with Crippen LogP contribution < -0.4 is 5.73 Å². The minimum Gasteiger partial charge on any atom is -0.383 e. The van der Waals surface area contributed by atoms with Gasteiger partial charge in [-0.15, -0.1) is 0 Å².